The first-order valence-corrected chi connectivity index (χ1v) is 14.0. The third kappa shape index (κ3) is 7.23. The molecule has 0 bridgehead atoms. The molecule has 0 heterocycles. The van der Waals surface area contributed by atoms with Crippen LogP contribution >= 0.6 is 0 Å². The molecule has 35 heavy (non-hydrogen) atoms. The van der Waals surface area contributed by atoms with Crippen LogP contribution in [-0.2, 0) is 19.3 Å². The fourth-order valence-electron chi connectivity index (χ4n) is 6.93. The topological polar surface area (TPSA) is 40.5 Å². The molecule has 0 aliphatic heterocycles. The number of hydrogen-bond acceptors (Lipinski definition) is 2. The number of aliphatic hydroxyl groups excluding tert-OH is 1. The zero-order valence-electron chi connectivity index (χ0n) is 22.2. The Hall–Kier alpha value is -2.06. The molecule has 0 aromatic heterocycles. The van der Waals surface area contributed by atoms with Gasteiger partial charge in [0.25, 0.3) is 0 Å². The van der Waals surface area contributed by atoms with Crippen molar-refractivity contribution >= 4 is 0 Å². The number of allylic oxidation sites excluding steroid dienone is 2. The number of rotatable bonds is 9. The summed E-state index contributed by atoms with van der Waals surface area (Å²) < 4.78 is 0. The summed E-state index contributed by atoms with van der Waals surface area (Å²) in [5.41, 5.74) is 5.54. The van der Waals surface area contributed by atoms with Crippen LogP contribution in [0.15, 0.2) is 54.6 Å². The van der Waals surface area contributed by atoms with Gasteiger partial charge in [-0.05, 0) is 122 Å². The average molecular weight is 475 g/mol. The SMILES string of the molecule is C[C@@H]1CC=C[C@](C)([C@@H]2CCC[C@@H](Cc3cc(O)cc(Cc4ccccc4CCC[C@H](C)O)c3)C2)C1. The Labute approximate surface area is 213 Å². The molecule has 4 rings (SSSR count). The summed E-state index contributed by atoms with van der Waals surface area (Å²) >= 11 is 0. The van der Waals surface area contributed by atoms with Crippen LogP contribution in [0, 0.1) is 23.2 Å². The van der Waals surface area contributed by atoms with Gasteiger partial charge in [0.15, 0.2) is 0 Å². The zero-order chi connectivity index (χ0) is 24.8. The minimum atomic E-state index is -0.240. The smallest absolute Gasteiger partial charge is 0.116 e. The summed E-state index contributed by atoms with van der Waals surface area (Å²) in [6.07, 6.45) is 17.3. The average Bonchev–Trinajstić information content (AvgIpc) is 2.80. The number of hydrogen-bond donors (Lipinski definition) is 2. The van der Waals surface area contributed by atoms with Crippen LogP contribution in [0.5, 0.6) is 5.75 Å². The fraction of sp³-hybridized carbons (Fsp3) is 0.576. The van der Waals surface area contributed by atoms with E-state index < -0.39 is 0 Å². The molecule has 2 aromatic carbocycles. The highest BCUT2D eigenvalue weighted by atomic mass is 16.3. The Morgan fingerprint density at radius 1 is 1.06 bits per heavy atom. The Morgan fingerprint density at radius 2 is 1.83 bits per heavy atom. The highest BCUT2D eigenvalue weighted by molar-refractivity contribution is 5.39. The molecule has 190 valence electrons. The van der Waals surface area contributed by atoms with Gasteiger partial charge >= 0.3 is 0 Å². The van der Waals surface area contributed by atoms with Crippen molar-refractivity contribution in [2.45, 2.75) is 97.5 Å². The summed E-state index contributed by atoms with van der Waals surface area (Å²) in [7, 11) is 0. The van der Waals surface area contributed by atoms with Gasteiger partial charge in [-0.2, -0.15) is 0 Å². The van der Waals surface area contributed by atoms with E-state index in [0.717, 1.165) is 43.9 Å². The van der Waals surface area contributed by atoms with Crippen LogP contribution in [0.2, 0.25) is 0 Å². The van der Waals surface area contributed by atoms with Crippen molar-refractivity contribution in [2.75, 3.05) is 0 Å². The van der Waals surface area contributed by atoms with Crippen LogP contribution in [0.4, 0.5) is 0 Å². The van der Waals surface area contributed by atoms with Gasteiger partial charge in [-0.25, -0.2) is 0 Å². The summed E-state index contributed by atoms with van der Waals surface area (Å²) in [6, 6.07) is 14.9. The molecule has 0 spiro atoms. The normalized spacial score (nSPS) is 27.6. The van der Waals surface area contributed by atoms with Crippen molar-refractivity contribution in [2.24, 2.45) is 23.2 Å². The van der Waals surface area contributed by atoms with E-state index in [1.807, 2.05) is 19.1 Å². The lowest BCUT2D eigenvalue weighted by molar-refractivity contribution is 0.119. The predicted molar refractivity (Wildman–Crippen MR) is 147 cm³/mol. The molecule has 2 aromatic rings. The van der Waals surface area contributed by atoms with Crippen molar-refractivity contribution in [1.82, 2.24) is 0 Å². The summed E-state index contributed by atoms with van der Waals surface area (Å²) in [5, 5.41) is 20.2. The predicted octanol–water partition coefficient (Wildman–Crippen LogP) is 8.03. The molecule has 2 heteroatoms. The first-order valence-electron chi connectivity index (χ1n) is 14.0. The highest BCUT2D eigenvalue weighted by Crippen LogP contribution is 2.48. The monoisotopic (exact) mass is 474 g/mol. The quantitative estimate of drug-likeness (QED) is 0.361. The maximum atomic E-state index is 10.6. The minimum Gasteiger partial charge on any atom is -0.508 e. The van der Waals surface area contributed by atoms with Crippen molar-refractivity contribution in [3.05, 3.63) is 76.9 Å². The third-order valence-corrected chi connectivity index (χ3v) is 8.68. The number of aliphatic hydroxyl groups is 1. The van der Waals surface area contributed by atoms with Crippen LogP contribution in [-0.4, -0.2) is 16.3 Å². The van der Waals surface area contributed by atoms with Crippen LogP contribution in [0.1, 0.15) is 94.4 Å². The lowest BCUT2D eigenvalue weighted by Gasteiger charge is -2.43. The second-order valence-electron chi connectivity index (χ2n) is 12.1. The summed E-state index contributed by atoms with van der Waals surface area (Å²) in [6.45, 7) is 6.76. The lowest BCUT2D eigenvalue weighted by atomic mass is 9.61. The Balaban J connectivity index is 1.43. The van der Waals surface area contributed by atoms with E-state index in [9.17, 15) is 10.2 Å². The van der Waals surface area contributed by atoms with Gasteiger partial charge in [-0.3, -0.25) is 0 Å². The van der Waals surface area contributed by atoms with E-state index in [2.05, 4.69) is 56.3 Å². The number of phenolic OH excluding ortho intramolecular Hbond substituents is 1. The molecule has 1 saturated carbocycles. The maximum absolute atomic E-state index is 10.6. The van der Waals surface area contributed by atoms with Crippen LogP contribution in [0.25, 0.3) is 0 Å². The largest absolute Gasteiger partial charge is 0.508 e. The molecule has 1 fully saturated rings. The molecule has 5 atom stereocenters. The highest BCUT2D eigenvalue weighted by Gasteiger charge is 2.37. The molecule has 2 aliphatic carbocycles. The number of aryl methyl sites for hydroxylation is 1. The maximum Gasteiger partial charge on any atom is 0.116 e. The third-order valence-electron chi connectivity index (χ3n) is 8.68. The van der Waals surface area contributed by atoms with Gasteiger partial charge < -0.3 is 10.2 Å². The van der Waals surface area contributed by atoms with Crippen molar-refractivity contribution < 1.29 is 10.2 Å². The van der Waals surface area contributed by atoms with Gasteiger partial charge in [0.1, 0.15) is 5.75 Å². The molecule has 0 radical (unpaired) electrons. The van der Waals surface area contributed by atoms with Crippen molar-refractivity contribution in [3.63, 3.8) is 0 Å². The second kappa shape index (κ2) is 11.8. The second-order valence-corrected chi connectivity index (χ2v) is 12.1. The fourth-order valence-corrected chi connectivity index (χ4v) is 6.93. The molecule has 2 N–H and O–H groups in total. The van der Waals surface area contributed by atoms with E-state index in [-0.39, 0.29) is 6.10 Å². The number of phenols is 1. The van der Waals surface area contributed by atoms with E-state index in [1.54, 1.807) is 0 Å². The minimum absolute atomic E-state index is 0.240. The van der Waals surface area contributed by atoms with Gasteiger partial charge in [0.2, 0.25) is 0 Å². The first-order chi connectivity index (χ1) is 16.8. The van der Waals surface area contributed by atoms with Crippen LogP contribution in [0.3, 0.4) is 0 Å². The van der Waals surface area contributed by atoms with E-state index in [4.69, 9.17) is 0 Å². The Bertz CT molecular complexity index is 990. The summed E-state index contributed by atoms with van der Waals surface area (Å²) in [5.74, 6) is 2.69. The van der Waals surface area contributed by atoms with Crippen LogP contribution < -0.4 is 0 Å². The molecule has 0 saturated heterocycles. The van der Waals surface area contributed by atoms with Crippen molar-refractivity contribution in [1.29, 1.82) is 0 Å². The molecular formula is C33H46O2. The Morgan fingerprint density at radius 3 is 2.60 bits per heavy atom. The van der Waals surface area contributed by atoms with E-state index in [1.165, 1.54) is 60.8 Å². The van der Waals surface area contributed by atoms with Gasteiger partial charge in [0, 0.05) is 0 Å². The van der Waals surface area contributed by atoms with E-state index >= 15 is 0 Å². The number of benzene rings is 2. The molecule has 0 amide bonds. The lowest BCUT2D eigenvalue weighted by Crippen LogP contribution is -2.33. The standard InChI is InChI=1S/C33H46O2/c1-24-9-8-16-33(3,23-24)31-15-7-11-26(20-31)17-27-18-28(22-32(35)21-27)19-30-13-5-4-12-29(30)14-6-10-25(2)34/h4-5,8,12-13,16,18,21-22,24-26,31,34-35H,6-7,9-11,14-15,17,19-20,23H2,1-3H3/t24-,25+,26+,31-,33+/m1/s1. The molecule has 2 nitrogen and oxygen atoms in total. The molecular weight excluding hydrogens is 428 g/mol. The van der Waals surface area contributed by atoms with E-state index in [0.29, 0.717) is 17.1 Å². The first kappa shape index (κ1) is 26.0. The van der Waals surface area contributed by atoms with Crippen molar-refractivity contribution in [3.8, 4) is 5.75 Å². The Kier molecular flexibility index (Phi) is 8.76. The number of aromatic hydroxyl groups is 1. The van der Waals surface area contributed by atoms with Gasteiger partial charge in [-0.15, -0.1) is 0 Å². The molecule has 0 unspecified atom stereocenters. The van der Waals surface area contributed by atoms with Gasteiger partial charge in [-0.1, -0.05) is 69.2 Å². The van der Waals surface area contributed by atoms with Gasteiger partial charge in [0.05, 0.1) is 6.10 Å². The zero-order valence-corrected chi connectivity index (χ0v) is 22.2. The summed E-state index contributed by atoms with van der Waals surface area (Å²) in [4.78, 5) is 0. The molecule has 2 aliphatic rings.